The van der Waals surface area contributed by atoms with Crippen LogP contribution in [0.1, 0.15) is 30.7 Å². The predicted molar refractivity (Wildman–Crippen MR) is 100 cm³/mol. The number of halogens is 2. The Kier molecular flexibility index (Phi) is 6.66. The number of ether oxygens (including phenoxy) is 1. The van der Waals surface area contributed by atoms with E-state index in [1.807, 2.05) is 4.57 Å². The van der Waals surface area contributed by atoms with Gasteiger partial charge in [0.05, 0.1) is 12.6 Å². The molecule has 1 aliphatic heterocycles. The van der Waals surface area contributed by atoms with E-state index < -0.39 is 0 Å². The van der Waals surface area contributed by atoms with Gasteiger partial charge in [0, 0.05) is 29.7 Å². The van der Waals surface area contributed by atoms with Crippen LogP contribution in [0.3, 0.4) is 0 Å². The lowest BCUT2D eigenvalue weighted by atomic mass is 10.2. The highest BCUT2D eigenvalue weighted by molar-refractivity contribution is 9.10. The van der Waals surface area contributed by atoms with E-state index in [0.29, 0.717) is 35.3 Å². The van der Waals surface area contributed by atoms with Gasteiger partial charge in [0.15, 0.2) is 5.16 Å². The van der Waals surface area contributed by atoms with Crippen molar-refractivity contribution in [3.05, 3.63) is 39.9 Å². The van der Waals surface area contributed by atoms with E-state index in [0.717, 1.165) is 23.9 Å². The SMILES string of the molecule is NC(=O)CCc1nnc(SCc2cc(Br)ccc2F)n1CC1CCCO1. The number of hydrogen-bond donors (Lipinski definition) is 1. The number of carbonyl (C=O) groups excluding carboxylic acids is 1. The van der Waals surface area contributed by atoms with Crippen LogP contribution in [-0.2, 0) is 28.2 Å². The van der Waals surface area contributed by atoms with Gasteiger partial charge in [0.25, 0.3) is 0 Å². The first-order valence-corrected chi connectivity index (χ1v) is 10.2. The van der Waals surface area contributed by atoms with Gasteiger partial charge < -0.3 is 15.0 Å². The minimum atomic E-state index is -0.373. The third kappa shape index (κ3) is 5.05. The maximum atomic E-state index is 14.0. The van der Waals surface area contributed by atoms with Crippen molar-refractivity contribution in [1.29, 1.82) is 0 Å². The Hall–Kier alpha value is -1.45. The molecule has 1 aliphatic rings. The fourth-order valence-corrected chi connectivity index (χ4v) is 4.17. The third-order valence-corrected chi connectivity index (χ3v) is 5.67. The molecule has 1 aromatic carbocycles. The Balaban J connectivity index is 1.76. The molecular formula is C17H20BrFN4O2S. The van der Waals surface area contributed by atoms with E-state index in [1.165, 1.54) is 17.8 Å². The molecule has 3 rings (SSSR count). The molecule has 1 unspecified atom stereocenters. The number of hydrogen-bond acceptors (Lipinski definition) is 5. The lowest BCUT2D eigenvalue weighted by Crippen LogP contribution is -2.19. The summed E-state index contributed by atoms with van der Waals surface area (Å²) in [5.41, 5.74) is 5.85. The minimum absolute atomic E-state index is 0.111. The fourth-order valence-electron chi connectivity index (χ4n) is 2.82. The van der Waals surface area contributed by atoms with Crippen molar-refractivity contribution in [3.63, 3.8) is 0 Å². The summed E-state index contributed by atoms with van der Waals surface area (Å²) in [6.45, 7) is 1.39. The Morgan fingerprint density at radius 2 is 2.31 bits per heavy atom. The lowest BCUT2D eigenvalue weighted by molar-refractivity contribution is -0.118. The highest BCUT2D eigenvalue weighted by atomic mass is 79.9. The molecule has 0 saturated carbocycles. The van der Waals surface area contributed by atoms with Gasteiger partial charge in [-0.25, -0.2) is 4.39 Å². The van der Waals surface area contributed by atoms with Crippen LogP contribution in [0, 0.1) is 5.82 Å². The minimum Gasteiger partial charge on any atom is -0.376 e. The van der Waals surface area contributed by atoms with Gasteiger partial charge in [-0.2, -0.15) is 0 Å². The molecule has 6 nitrogen and oxygen atoms in total. The summed E-state index contributed by atoms with van der Waals surface area (Å²) < 4.78 is 22.5. The molecule has 2 N–H and O–H groups in total. The molecule has 0 aliphatic carbocycles. The van der Waals surface area contributed by atoms with Crippen molar-refractivity contribution < 1.29 is 13.9 Å². The number of rotatable bonds is 8. The standard InChI is InChI=1S/C17H20BrFN4O2S/c18-12-3-4-14(19)11(8-12)10-26-17-22-21-16(6-5-15(20)24)23(17)9-13-2-1-7-25-13/h3-4,8,13H,1-2,5-7,9-10H2,(H2,20,24). The van der Waals surface area contributed by atoms with Crippen molar-refractivity contribution in [2.45, 2.75) is 49.2 Å². The molecule has 2 aromatic rings. The number of primary amides is 1. The van der Waals surface area contributed by atoms with Gasteiger partial charge in [0.1, 0.15) is 11.6 Å². The molecule has 1 atom stereocenters. The monoisotopic (exact) mass is 442 g/mol. The molecule has 0 bridgehead atoms. The van der Waals surface area contributed by atoms with Gasteiger partial charge in [-0.15, -0.1) is 10.2 Å². The van der Waals surface area contributed by atoms with E-state index in [9.17, 15) is 9.18 Å². The number of aryl methyl sites for hydroxylation is 1. The second-order valence-corrected chi connectivity index (χ2v) is 7.99. The largest absolute Gasteiger partial charge is 0.376 e. The quantitative estimate of drug-likeness (QED) is 0.635. The second kappa shape index (κ2) is 8.96. The maximum Gasteiger partial charge on any atom is 0.217 e. The van der Waals surface area contributed by atoms with Crippen LogP contribution in [0.5, 0.6) is 0 Å². The third-order valence-electron chi connectivity index (χ3n) is 4.16. The zero-order chi connectivity index (χ0) is 18.5. The Morgan fingerprint density at radius 1 is 1.46 bits per heavy atom. The number of thioether (sulfide) groups is 1. The molecule has 0 spiro atoms. The van der Waals surface area contributed by atoms with Crippen LogP contribution in [0.15, 0.2) is 27.8 Å². The van der Waals surface area contributed by atoms with Gasteiger partial charge in [0.2, 0.25) is 5.91 Å². The number of nitrogens with zero attached hydrogens (tertiary/aromatic N) is 3. The van der Waals surface area contributed by atoms with Crippen molar-refractivity contribution in [3.8, 4) is 0 Å². The molecule has 2 heterocycles. The molecule has 1 saturated heterocycles. The summed E-state index contributed by atoms with van der Waals surface area (Å²) in [7, 11) is 0. The number of benzene rings is 1. The van der Waals surface area contributed by atoms with Gasteiger partial charge in [-0.05, 0) is 36.6 Å². The van der Waals surface area contributed by atoms with Crippen LogP contribution >= 0.6 is 27.7 Å². The lowest BCUT2D eigenvalue weighted by Gasteiger charge is -2.14. The van der Waals surface area contributed by atoms with Crippen LogP contribution in [0.2, 0.25) is 0 Å². The van der Waals surface area contributed by atoms with Gasteiger partial charge >= 0.3 is 0 Å². The van der Waals surface area contributed by atoms with E-state index in [4.69, 9.17) is 10.5 Å². The second-order valence-electron chi connectivity index (χ2n) is 6.14. The van der Waals surface area contributed by atoms with Crippen LogP contribution in [-0.4, -0.2) is 33.4 Å². The van der Waals surface area contributed by atoms with Crippen molar-refractivity contribution >= 4 is 33.6 Å². The van der Waals surface area contributed by atoms with Crippen LogP contribution < -0.4 is 5.73 Å². The van der Waals surface area contributed by atoms with Crippen molar-refractivity contribution in [2.24, 2.45) is 5.73 Å². The summed E-state index contributed by atoms with van der Waals surface area (Å²) in [5.74, 6) is 0.517. The Bertz CT molecular complexity index is 780. The highest BCUT2D eigenvalue weighted by Crippen LogP contribution is 2.27. The summed E-state index contributed by atoms with van der Waals surface area (Å²) in [4.78, 5) is 11.1. The number of carbonyl (C=O) groups is 1. The predicted octanol–water partition coefficient (Wildman–Crippen LogP) is 3.07. The van der Waals surface area contributed by atoms with Gasteiger partial charge in [-0.1, -0.05) is 27.7 Å². The first kappa shape index (κ1) is 19.3. The van der Waals surface area contributed by atoms with E-state index in [1.54, 1.807) is 12.1 Å². The van der Waals surface area contributed by atoms with Crippen molar-refractivity contribution in [2.75, 3.05) is 6.61 Å². The summed E-state index contributed by atoms with van der Waals surface area (Å²) in [6, 6.07) is 4.87. The Morgan fingerprint density at radius 3 is 3.04 bits per heavy atom. The summed E-state index contributed by atoms with van der Waals surface area (Å²) >= 11 is 4.78. The zero-order valence-electron chi connectivity index (χ0n) is 14.2. The summed E-state index contributed by atoms with van der Waals surface area (Å²) in [6.07, 6.45) is 2.78. The molecule has 0 radical (unpaired) electrons. The number of amides is 1. The van der Waals surface area contributed by atoms with Crippen LogP contribution in [0.4, 0.5) is 4.39 Å². The topological polar surface area (TPSA) is 83.0 Å². The highest BCUT2D eigenvalue weighted by Gasteiger charge is 2.21. The van der Waals surface area contributed by atoms with E-state index >= 15 is 0 Å². The molecule has 9 heteroatoms. The average molecular weight is 443 g/mol. The number of nitrogens with two attached hydrogens (primary N) is 1. The molecule has 1 aromatic heterocycles. The molecule has 1 amide bonds. The van der Waals surface area contributed by atoms with Crippen molar-refractivity contribution in [1.82, 2.24) is 14.8 Å². The first-order valence-electron chi connectivity index (χ1n) is 8.41. The average Bonchev–Trinajstić information content (AvgIpc) is 3.24. The molecule has 26 heavy (non-hydrogen) atoms. The summed E-state index contributed by atoms with van der Waals surface area (Å²) in [5, 5.41) is 9.14. The Labute approximate surface area is 163 Å². The van der Waals surface area contributed by atoms with E-state index in [-0.39, 0.29) is 24.2 Å². The smallest absolute Gasteiger partial charge is 0.217 e. The molecule has 140 valence electrons. The molecular weight excluding hydrogens is 423 g/mol. The van der Waals surface area contributed by atoms with E-state index in [2.05, 4.69) is 26.1 Å². The maximum absolute atomic E-state index is 14.0. The van der Waals surface area contributed by atoms with Gasteiger partial charge in [-0.3, -0.25) is 4.79 Å². The number of aromatic nitrogens is 3. The van der Waals surface area contributed by atoms with Crippen LogP contribution in [0.25, 0.3) is 0 Å². The molecule has 1 fully saturated rings. The first-order chi connectivity index (χ1) is 12.5. The normalized spacial score (nSPS) is 16.9. The fraction of sp³-hybridized carbons (Fsp3) is 0.471. The zero-order valence-corrected chi connectivity index (χ0v) is 16.6.